The molecule has 3 fully saturated rings. The van der Waals surface area contributed by atoms with E-state index in [4.69, 9.17) is 4.74 Å². The van der Waals surface area contributed by atoms with Gasteiger partial charge in [0, 0.05) is 32.6 Å². The number of rotatable bonds is 4. The molecule has 0 saturated carbocycles. The molecule has 0 spiro atoms. The van der Waals surface area contributed by atoms with Gasteiger partial charge in [-0.25, -0.2) is 0 Å². The summed E-state index contributed by atoms with van der Waals surface area (Å²) >= 11 is 0. The summed E-state index contributed by atoms with van der Waals surface area (Å²) in [6, 6.07) is -0.0212. The van der Waals surface area contributed by atoms with E-state index in [0.29, 0.717) is 12.7 Å². The molecule has 1 unspecified atom stereocenters. The highest BCUT2D eigenvalue weighted by molar-refractivity contribution is 4.97. The predicted molar refractivity (Wildman–Crippen MR) is 80.9 cm³/mol. The van der Waals surface area contributed by atoms with Crippen molar-refractivity contribution in [3.63, 3.8) is 0 Å². The minimum absolute atomic E-state index is 0.0212. The zero-order chi connectivity index (χ0) is 15.5. The Kier molecular flexibility index (Phi) is 5.67. The fourth-order valence-electron chi connectivity index (χ4n) is 4.29. The van der Waals surface area contributed by atoms with Gasteiger partial charge in [0.25, 0.3) is 0 Å². The van der Waals surface area contributed by atoms with Gasteiger partial charge in [0.1, 0.15) is 31.0 Å². The van der Waals surface area contributed by atoms with Crippen molar-refractivity contribution in [2.24, 2.45) is 0 Å². The van der Waals surface area contributed by atoms with Crippen LogP contribution in [0.2, 0.25) is 0 Å². The number of nitrogens with two attached hydrogens (primary N) is 1. The molecule has 3 aliphatic heterocycles. The van der Waals surface area contributed by atoms with E-state index in [-0.39, 0.29) is 18.8 Å². The maximum atomic E-state index is 10.4. The summed E-state index contributed by atoms with van der Waals surface area (Å²) in [6.07, 6.45) is 3.50. The van der Waals surface area contributed by atoms with Gasteiger partial charge in [-0.05, 0) is 12.8 Å². The minimum atomic E-state index is -0.607. The highest BCUT2D eigenvalue weighted by atomic mass is 16.5. The molecule has 7 heteroatoms. The standard InChI is InChI=1S/C15H30N4O3/c16-9-11-14(15(21)12(10-20)22-11)19-7-5-18(6-8-19)13-3-1-2-4-17-13/h11-15,17,20-21H,1-10,16H2/p+2/t11-,12+,13?,14-,15-/m1/s1. The van der Waals surface area contributed by atoms with Gasteiger partial charge < -0.3 is 26.0 Å². The largest absolute Gasteiger partial charge is 0.394 e. The molecule has 0 aliphatic carbocycles. The second-order valence-electron chi connectivity index (χ2n) is 6.82. The van der Waals surface area contributed by atoms with Gasteiger partial charge in [0.05, 0.1) is 19.2 Å². The van der Waals surface area contributed by atoms with Crippen LogP contribution in [0.5, 0.6) is 0 Å². The van der Waals surface area contributed by atoms with E-state index in [1.807, 2.05) is 0 Å². The maximum absolute atomic E-state index is 10.4. The summed E-state index contributed by atoms with van der Waals surface area (Å²) in [5, 5.41) is 22.3. The number of hydrogen-bond acceptors (Lipinski definition) is 5. The molecule has 0 aromatic heterocycles. The van der Waals surface area contributed by atoms with Crippen molar-refractivity contribution >= 4 is 0 Å². The van der Waals surface area contributed by atoms with Crippen LogP contribution < -0.4 is 11.1 Å². The van der Waals surface area contributed by atoms with Crippen molar-refractivity contribution in [2.75, 3.05) is 45.9 Å². The van der Waals surface area contributed by atoms with Crippen LogP contribution in [-0.2, 0) is 4.74 Å². The molecule has 0 aromatic carbocycles. The molecule has 22 heavy (non-hydrogen) atoms. The first-order valence-electron chi connectivity index (χ1n) is 8.79. The van der Waals surface area contributed by atoms with Crippen molar-refractivity contribution in [1.29, 1.82) is 0 Å². The van der Waals surface area contributed by atoms with E-state index >= 15 is 0 Å². The van der Waals surface area contributed by atoms with E-state index in [1.54, 1.807) is 0 Å². The first-order valence-corrected chi connectivity index (χ1v) is 8.79. The Bertz CT molecular complexity index is 344. The predicted octanol–water partition coefficient (Wildman–Crippen LogP) is -3.59. The number of nitrogens with zero attached hydrogens (tertiary/aromatic N) is 2. The molecule has 0 radical (unpaired) electrons. The molecule has 3 aliphatic rings. The number of ether oxygens (including phenoxy) is 1. The Morgan fingerprint density at radius 2 is 1.82 bits per heavy atom. The Hall–Kier alpha value is -0.280. The van der Waals surface area contributed by atoms with Gasteiger partial charge in [0.15, 0.2) is 0 Å². The molecular weight excluding hydrogens is 284 g/mol. The third-order valence-electron chi connectivity index (χ3n) is 5.56. The van der Waals surface area contributed by atoms with E-state index in [9.17, 15) is 10.2 Å². The summed E-state index contributed by atoms with van der Waals surface area (Å²) < 4.78 is 5.76. The normalized spacial score (nSPS) is 41.9. The molecule has 5 atom stereocenters. The SMILES string of the molecule is [NH3+]C[C@H]1O[C@@H](CO)[C@@H](O)[C@@H]1N1CCN(C2CCCC[NH2+]2)CC1. The van der Waals surface area contributed by atoms with Gasteiger partial charge in [-0.1, -0.05) is 0 Å². The highest BCUT2D eigenvalue weighted by Crippen LogP contribution is 2.26. The Morgan fingerprint density at radius 3 is 2.41 bits per heavy atom. The van der Waals surface area contributed by atoms with Crippen molar-refractivity contribution in [1.82, 2.24) is 9.80 Å². The Labute approximate surface area is 132 Å². The number of piperidine rings is 1. The molecule has 3 rings (SSSR count). The molecule has 3 saturated heterocycles. The molecule has 0 aromatic rings. The van der Waals surface area contributed by atoms with Gasteiger partial charge >= 0.3 is 0 Å². The average Bonchev–Trinajstić information content (AvgIpc) is 2.91. The van der Waals surface area contributed by atoms with Gasteiger partial charge in [-0.3, -0.25) is 9.80 Å². The number of piperazine rings is 1. The number of aliphatic hydroxyl groups excluding tert-OH is 2. The van der Waals surface area contributed by atoms with Crippen molar-refractivity contribution in [2.45, 2.75) is 49.8 Å². The molecule has 128 valence electrons. The van der Waals surface area contributed by atoms with E-state index < -0.39 is 12.2 Å². The third kappa shape index (κ3) is 3.31. The first-order chi connectivity index (χ1) is 10.7. The van der Waals surface area contributed by atoms with Crippen LogP contribution in [0.4, 0.5) is 0 Å². The average molecular weight is 316 g/mol. The van der Waals surface area contributed by atoms with Gasteiger partial charge in [0.2, 0.25) is 0 Å². The zero-order valence-corrected chi connectivity index (χ0v) is 13.4. The zero-order valence-electron chi connectivity index (χ0n) is 13.4. The van der Waals surface area contributed by atoms with Crippen LogP contribution in [0.25, 0.3) is 0 Å². The van der Waals surface area contributed by atoms with Crippen LogP contribution in [0, 0.1) is 0 Å². The first kappa shape index (κ1) is 16.6. The molecule has 7 nitrogen and oxygen atoms in total. The summed E-state index contributed by atoms with van der Waals surface area (Å²) in [5.41, 5.74) is 3.94. The molecule has 3 heterocycles. The molecular formula is C15H32N4O3+2. The second-order valence-corrected chi connectivity index (χ2v) is 6.82. The summed E-state index contributed by atoms with van der Waals surface area (Å²) in [7, 11) is 0. The lowest BCUT2D eigenvalue weighted by atomic mass is 10.0. The number of hydrogen-bond donors (Lipinski definition) is 4. The van der Waals surface area contributed by atoms with E-state index in [2.05, 4.69) is 20.9 Å². The Morgan fingerprint density at radius 1 is 1.09 bits per heavy atom. The number of aliphatic hydroxyl groups is 2. The molecule has 0 amide bonds. The van der Waals surface area contributed by atoms with Crippen molar-refractivity contribution in [3.05, 3.63) is 0 Å². The lowest BCUT2D eigenvalue weighted by molar-refractivity contribution is -0.717. The fourth-order valence-corrected chi connectivity index (χ4v) is 4.29. The highest BCUT2D eigenvalue weighted by Gasteiger charge is 2.47. The third-order valence-corrected chi connectivity index (χ3v) is 5.56. The maximum Gasteiger partial charge on any atom is 0.142 e. The molecule has 7 N–H and O–H groups in total. The van der Waals surface area contributed by atoms with Crippen LogP contribution in [0.3, 0.4) is 0 Å². The lowest BCUT2D eigenvalue weighted by Crippen LogP contribution is -2.95. The van der Waals surface area contributed by atoms with Crippen LogP contribution in [0.15, 0.2) is 0 Å². The van der Waals surface area contributed by atoms with Crippen LogP contribution in [-0.4, -0.2) is 96.4 Å². The minimum Gasteiger partial charge on any atom is -0.394 e. The smallest absolute Gasteiger partial charge is 0.142 e. The van der Waals surface area contributed by atoms with E-state index in [1.165, 1.54) is 25.8 Å². The molecule has 0 bridgehead atoms. The van der Waals surface area contributed by atoms with Crippen molar-refractivity contribution in [3.8, 4) is 0 Å². The number of quaternary nitrogens is 2. The second kappa shape index (κ2) is 7.53. The van der Waals surface area contributed by atoms with Gasteiger partial charge in [-0.2, -0.15) is 0 Å². The van der Waals surface area contributed by atoms with E-state index in [0.717, 1.165) is 26.2 Å². The summed E-state index contributed by atoms with van der Waals surface area (Å²) in [4.78, 5) is 4.93. The fraction of sp³-hybridized carbons (Fsp3) is 1.00. The summed E-state index contributed by atoms with van der Waals surface area (Å²) in [6.45, 7) is 5.80. The van der Waals surface area contributed by atoms with Crippen LogP contribution >= 0.6 is 0 Å². The quantitative estimate of drug-likeness (QED) is 0.430. The lowest BCUT2D eigenvalue weighted by Gasteiger charge is -2.42. The van der Waals surface area contributed by atoms with Crippen LogP contribution in [0.1, 0.15) is 19.3 Å². The monoisotopic (exact) mass is 316 g/mol. The van der Waals surface area contributed by atoms with Gasteiger partial charge in [-0.15, -0.1) is 0 Å². The Balaban J connectivity index is 1.55. The summed E-state index contributed by atoms with van der Waals surface area (Å²) in [5.74, 6) is 0. The van der Waals surface area contributed by atoms with Crippen molar-refractivity contribution < 1.29 is 26.0 Å². The topological polar surface area (TPSA) is 100 Å².